The van der Waals surface area contributed by atoms with Gasteiger partial charge in [-0.05, 0) is 19.1 Å². The second-order valence-corrected chi connectivity index (χ2v) is 4.39. The summed E-state index contributed by atoms with van der Waals surface area (Å²) in [6, 6.07) is 4.44. The third-order valence-corrected chi connectivity index (χ3v) is 2.88. The molecule has 0 saturated carbocycles. The second kappa shape index (κ2) is 4.05. The predicted molar refractivity (Wildman–Crippen MR) is 69.8 cm³/mol. The molecule has 102 valence electrons. The molecule has 0 aliphatic carbocycles. The molecule has 0 unspecified atom stereocenters. The van der Waals surface area contributed by atoms with Gasteiger partial charge in [-0.25, -0.2) is 4.79 Å². The number of carbonyl (C=O) groups excluding carboxylic acids is 1. The van der Waals surface area contributed by atoms with Crippen molar-refractivity contribution in [2.45, 2.75) is 13.8 Å². The molecule has 20 heavy (non-hydrogen) atoms. The Morgan fingerprint density at radius 2 is 2.10 bits per heavy atom. The Kier molecular flexibility index (Phi) is 2.46. The zero-order chi connectivity index (χ0) is 14.4. The molecule has 0 aliphatic heterocycles. The van der Waals surface area contributed by atoms with Crippen LogP contribution in [0, 0.1) is 13.8 Å². The van der Waals surface area contributed by atoms with Crippen LogP contribution in [0.15, 0.2) is 22.6 Å². The first-order chi connectivity index (χ1) is 9.47. The van der Waals surface area contributed by atoms with Gasteiger partial charge in [-0.2, -0.15) is 0 Å². The minimum Gasteiger partial charge on any atom is -0.455 e. The number of carbonyl (C=O) groups is 1. The highest BCUT2D eigenvalue weighted by molar-refractivity contribution is 5.73. The highest BCUT2D eigenvalue weighted by Crippen LogP contribution is 2.18. The number of aromatic nitrogens is 4. The maximum Gasteiger partial charge on any atom is 0.352 e. The number of furan rings is 1. The summed E-state index contributed by atoms with van der Waals surface area (Å²) in [5, 5.41) is 0. The van der Waals surface area contributed by atoms with Crippen molar-refractivity contribution in [3.63, 3.8) is 0 Å². The molecule has 3 rings (SSSR count). The quantitative estimate of drug-likeness (QED) is 0.622. The van der Waals surface area contributed by atoms with Crippen LogP contribution < -0.4 is 16.0 Å². The third-order valence-electron chi connectivity index (χ3n) is 2.88. The largest absolute Gasteiger partial charge is 0.455 e. The summed E-state index contributed by atoms with van der Waals surface area (Å²) < 4.78 is 8.24. The van der Waals surface area contributed by atoms with Crippen LogP contribution in [0.25, 0.3) is 17.2 Å². The van der Waals surface area contributed by atoms with E-state index in [9.17, 15) is 4.79 Å². The average molecular weight is 273 g/mol. The van der Waals surface area contributed by atoms with E-state index in [1.807, 2.05) is 6.92 Å². The lowest BCUT2D eigenvalue weighted by atomic mass is 10.4. The Hall–Kier alpha value is -2.90. The molecule has 0 radical (unpaired) electrons. The van der Waals surface area contributed by atoms with Crippen molar-refractivity contribution in [3.05, 3.63) is 29.8 Å². The van der Waals surface area contributed by atoms with E-state index < -0.39 is 6.03 Å². The van der Waals surface area contributed by atoms with E-state index in [4.69, 9.17) is 15.9 Å². The number of hydrogen-bond donors (Lipinski definition) is 2. The molecule has 3 aromatic rings. The minimum atomic E-state index is -0.661. The SMILES string of the molecule is Cc1ccc(-c2nc(N)cc3nc(C)n(C(N)=O)[n+]23)o1. The second-order valence-electron chi connectivity index (χ2n) is 4.39. The smallest absolute Gasteiger partial charge is 0.352 e. The molecule has 8 heteroatoms. The van der Waals surface area contributed by atoms with Crippen LogP contribution in [0.1, 0.15) is 11.6 Å². The first-order valence-corrected chi connectivity index (χ1v) is 5.92. The number of aryl methyl sites for hydroxylation is 2. The molecule has 3 aromatic heterocycles. The molecule has 0 aromatic carbocycles. The number of nitrogens with two attached hydrogens (primary N) is 2. The van der Waals surface area contributed by atoms with Gasteiger partial charge in [0.1, 0.15) is 5.76 Å². The van der Waals surface area contributed by atoms with Gasteiger partial charge in [0.25, 0.3) is 5.65 Å². The molecule has 0 spiro atoms. The van der Waals surface area contributed by atoms with Crippen molar-refractivity contribution in [2.24, 2.45) is 5.73 Å². The summed E-state index contributed by atoms with van der Waals surface area (Å²) in [7, 11) is 0. The third kappa shape index (κ3) is 1.69. The summed E-state index contributed by atoms with van der Waals surface area (Å²) in [5.74, 6) is 2.29. The topological polar surface area (TPSA) is 117 Å². The first kappa shape index (κ1) is 12.2. The Labute approximate surface area is 113 Å². The predicted octanol–water partition coefficient (Wildman–Crippen LogP) is 0.403. The van der Waals surface area contributed by atoms with Crippen LogP contribution in [0.2, 0.25) is 0 Å². The first-order valence-electron chi connectivity index (χ1n) is 5.92. The van der Waals surface area contributed by atoms with Crippen LogP contribution >= 0.6 is 0 Å². The Bertz CT molecular complexity index is 832. The number of nitrogen functional groups attached to an aromatic ring is 1. The molecule has 8 nitrogen and oxygen atoms in total. The summed E-state index contributed by atoms with van der Waals surface area (Å²) in [4.78, 5) is 20.1. The Morgan fingerprint density at radius 1 is 1.35 bits per heavy atom. The number of nitrogens with zero attached hydrogens (tertiary/aromatic N) is 4. The number of hydrogen-bond acceptors (Lipinski definition) is 5. The highest BCUT2D eigenvalue weighted by atomic mass is 16.3. The molecular formula is C12H13N6O2+. The number of rotatable bonds is 1. The van der Waals surface area contributed by atoms with Crippen molar-refractivity contribution in [1.29, 1.82) is 0 Å². The molecule has 3 heterocycles. The zero-order valence-corrected chi connectivity index (χ0v) is 11.0. The van der Waals surface area contributed by atoms with Gasteiger partial charge < -0.3 is 15.9 Å². The average Bonchev–Trinajstić information content (AvgIpc) is 2.90. The monoisotopic (exact) mass is 273 g/mol. The standard InChI is InChI=1S/C12H12N6O2/c1-6-3-4-8(20-6)11-16-9(13)5-10-15-7(2)17(12(14)19)18(10)11/h3-5,13H,1-2H3,(H2,14,19)/p+1. The number of primary amides is 1. The number of amides is 1. The lowest BCUT2D eigenvalue weighted by Crippen LogP contribution is -2.43. The van der Waals surface area contributed by atoms with Crippen LogP contribution in [-0.2, 0) is 0 Å². The fourth-order valence-electron chi connectivity index (χ4n) is 2.11. The fourth-order valence-corrected chi connectivity index (χ4v) is 2.11. The minimum absolute atomic E-state index is 0.281. The molecule has 4 N–H and O–H groups in total. The lowest BCUT2D eigenvalue weighted by molar-refractivity contribution is -0.588. The van der Waals surface area contributed by atoms with Gasteiger partial charge >= 0.3 is 11.9 Å². The van der Waals surface area contributed by atoms with Crippen molar-refractivity contribution < 1.29 is 13.7 Å². The number of fused-ring (bicyclic) bond motifs is 1. The maximum atomic E-state index is 11.6. The molecule has 0 bridgehead atoms. The van der Waals surface area contributed by atoms with Crippen LogP contribution in [0.3, 0.4) is 0 Å². The van der Waals surface area contributed by atoms with E-state index >= 15 is 0 Å². The van der Waals surface area contributed by atoms with E-state index in [0.29, 0.717) is 23.1 Å². The highest BCUT2D eigenvalue weighted by Gasteiger charge is 2.26. The molecule has 0 aliphatic rings. The van der Waals surface area contributed by atoms with Crippen LogP contribution in [-0.4, -0.2) is 20.7 Å². The molecule has 0 fully saturated rings. The summed E-state index contributed by atoms with van der Waals surface area (Å²) >= 11 is 0. The summed E-state index contributed by atoms with van der Waals surface area (Å²) in [6.07, 6.45) is 0. The van der Waals surface area contributed by atoms with Crippen LogP contribution in [0.4, 0.5) is 10.6 Å². The van der Waals surface area contributed by atoms with Crippen LogP contribution in [0.5, 0.6) is 0 Å². The fraction of sp³-hybridized carbons (Fsp3) is 0.167. The van der Waals surface area contributed by atoms with Crippen molar-refractivity contribution >= 4 is 17.5 Å². The van der Waals surface area contributed by atoms with Gasteiger partial charge in [0, 0.05) is 6.92 Å². The van der Waals surface area contributed by atoms with Crippen molar-refractivity contribution in [3.8, 4) is 11.6 Å². The van der Waals surface area contributed by atoms with E-state index in [1.165, 1.54) is 9.20 Å². The van der Waals surface area contributed by atoms with Gasteiger partial charge in [-0.1, -0.05) is 9.97 Å². The lowest BCUT2D eigenvalue weighted by Gasteiger charge is -2.00. The van der Waals surface area contributed by atoms with E-state index in [-0.39, 0.29) is 5.82 Å². The molecule has 0 saturated heterocycles. The molecule has 1 amide bonds. The van der Waals surface area contributed by atoms with Gasteiger partial charge in [-0.15, -0.1) is 9.20 Å². The summed E-state index contributed by atoms with van der Waals surface area (Å²) in [5.41, 5.74) is 11.6. The Morgan fingerprint density at radius 3 is 2.70 bits per heavy atom. The normalized spacial score (nSPS) is 11.1. The van der Waals surface area contributed by atoms with E-state index in [1.54, 1.807) is 25.1 Å². The number of anilines is 1. The molecule has 0 atom stereocenters. The van der Waals surface area contributed by atoms with Gasteiger partial charge in [0.2, 0.25) is 17.4 Å². The zero-order valence-electron chi connectivity index (χ0n) is 11.0. The Balaban J connectivity index is 2.43. The summed E-state index contributed by atoms with van der Waals surface area (Å²) in [6.45, 7) is 3.49. The van der Waals surface area contributed by atoms with Gasteiger partial charge in [-0.3, -0.25) is 0 Å². The van der Waals surface area contributed by atoms with E-state index in [0.717, 1.165) is 5.76 Å². The van der Waals surface area contributed by atoms with Gasteiger partial charge in [0.15, 0.2) is 0 Å². The van der Waals surface area contributed by atoms with Gasteiger partial charge in [0.05, 0.1) is 6.07 Å². The molecular weight excluding hydrogens is 260 g/mol. The maximum absolute atomic E-state index is 11.6. The van der Waals surface area contributed by atoms with Crippen molar-refractivity contribution in [1.82, 2.24) is 14.6 Å². The van der Waals surface area contributed by atoms with Crippen molar-refractivity contribution in [2.75, 3.05) is 5.73 Å². The van der Waals surface area contributed by atoms with E-state index in [2.05, 4.69) is 9.97 Å².